The highest BCUT2D eigenvalue weighted by Gasteiger charge is 2.37. The number of para-hydroxylation sites is 2. The second-order valence-corrected chi connectivity index (χ2v) is 15.2. The van der Waals surface area contributed by atoms with Gasteiger partial charge in [-0.15, -0.1) is 0 Å². The van der Waals surface area contributed by atoms with Crippen molar-refractivity contribution in [3.8, 4) is 11.1 Å². The molecule has 256 valence electrons. The summed E-state index contributed by atoms with van der Waals surface area (Å²) in [5, 5.41) is 0. The molecule has 2 heteroatoms. The molecule has 10 rings (SSSR count). The highest BCUT2D eigenvalue weighted by molar-refractivity contribution is 5.98. The zero-order valence-corrected chi connectivity index (χ0v) is 30.3. The molecule has 0 saturated carbocycles. The van der Waals surface area contributed by atoms with E-state index in [-0.39, 0.29) is 11.5 Å². The third-order valence-electron chi connectivity index (χ3n) is 11.9. The topological polar surface area (TPSA) is 6.48 Å². The van der Waals surface area contributed by atoms with Crippen LogP contribution in [0.2, 0.25) is 0 Å². The van der Waals surface area contributed by atoms with Gasteiger partial charge in [0.2, 0.25) is 0 Å². The zero-order valence-electron chi connectivity index (χ0n) is 30.3. The van der Waals surface area contributed by atoms with Crippen LogP contribution in [-0.2, 0) is 5.41 Å². The van der Waals surface area contributed by atoms with E-state index >= 15 is 0 Å². The van der Waals surface area contributed by atoms with Crippen molar-refractivity contribution >= 4 is 39.5 Å². The molecule has 6 aromatic carbocycles. The van der Waals surface area contributed by atoms with Crippen LogP contribution < -0.4 is 9.80 Å². The van der Waals surface area contributed by atoms with Crippen molar-refractivity contribution in [3.63, 3.8) is 0 Å². The van der Waals surface area contributed by atoms with Crippen LogP contribution in [0.5, 0.6) is 0 Å². The van der Waals surface area contributed by atoms with Gasteiger partial charge in [-0.3, -0.25) is 0 Å². The highest BCUT2D eigenvalue weighted by atomic mass is 15.2. The summed E-state index contributed by atoms with van der Waals surface area (Å²) in [4.78, 5) is 5.06. The van der Waals surface area contributed by atoms with Crippen molar-refractivity contribution in [2.45, 2.75) is 44.2 Å². The minimum atomic E-state index is -0.0615. The normalized spacial score (nSPS) is 19.0. The van der Waals surface area contributed by atoms with E-state index in [0.717, 1.165) is 12.8 Å². The van der Waals surface area contributed by atoms with E-state index in [1.54, 1.807) is 0 Å². The maximum atomic E-state index is 2.55. The lowest BCUT2D eigenvalue weighted by atomic mass is 9.82. The molecule has 0 saturated heterocycles. The third kappa shape index (κ3) is 5.24. The fourth-order valence-corrected chi connectivity index (χ4v) is 9.23. The van der Waals surface area contributed by atoms with Gasteiger partial charge in [-0.05, 0) is 111 Å². The first-order chi connectivity index (χ1) is 26.0. The van der Waals surface area contributed by atoms with E-state index in [2.05, 4.69) is 206 Å². The fraction of sp³-hybridized carbons (Fsp3) is 0.137. The number of rotatable bonds is 6. The number of fused-ring (bicyclic) bond motifs is 6. The Kier molecular flexibility index (Phi) is 7.47. The number of nitrogens with zero attached hydrogens (tertiary/aromatic N) is 2. The molecule has 1 aliphatic heterocycles. The number of anilines is 4. The van der Waals surface area contributed by atoms with Crippen LogP contribution in [0.4, 0.5) is 22.7 Å². The van der Waals surface area contributed by atoms with Crippen LogP contribution >= 0.6 is 0 Å². The molecule has 2 atom stereocenters. The molecule has 0 radical (unpaired) electrons. The Morgan fingerprint density at radius 1 is 0.566 bits per heavy atom. The Balaban J connectivity index is 1.00. The molecule has 1 heterocycles. The number of hydrogen-bond donors (Lipinski definition) is 0. The largest absolute Gasteiger partial charge is 0.334 e. The Morgan fingerprint density at radius 2 is 1.21 bits per heavy atom. The predicted octanol–water partition coefficient (Wildman–Crippen LogP) is 12.9. The quantitative estimate of drug-likeness (QED) is 0.173. The molecule has 53 heavy (non-hydrogen) atoms. The van der Waals surface area contributed by atoms with Crippen molar-refractivity contribution in [1.82, 2.24) is 0 Å². The highest BCUT2D eigenvalue weighted by Crippen LogP contribution is 2.51. The van der Waals surface area contributed by atoms with E-state index in [4.69, 9.17) is 0 Å². The van der Waals surface area contributed by atoms with Gasteiger partial charge in [0.25, 0.3) is 0 Å². The standard InChI is InChI=1S/C51H42N2/c1-51(2)47-19-11-9-17-43(47)44-31-30-42(34-48(44)51)52(40-26-21-36(22-27-40)35-13-5-3-6-14-35)41-28-23-37(24-29-41)38-25-32-50-46(33-38)45-18-10-12-20-49(45)53(50)39-15-7-4-8-16-39/h3-26,28-31,33-34,40,50H,27,32H2,1-2H3. The lowest BCUT2D eigenvalue weighted by Gasteiger charge is -2.34. The van der Waals surface area contributed by atoms with E-state index in [9.17, 15) is 0 Å². The van der Waals surface area contributed by atoms with Crippen LogP contribution in [0.1, 0.15) is 54.5 Å². The summed E-state index contributed by atoms with van der Waals surface area (Å²) < 4.78 is 0. The number of hydrogen-bond acceptors (Lipinski definition) is 2. The molecule has 0 N–H and O–H groups in total. The van der Waals surface area contributed by atoms with Crippen molar-refractivity contribution < 1.29 is 0 Å². The average Bonchev–Trinajstić information content (AvgIpc) is 3.67. The van der Waals surface area contributed by atoms with Crippen molar-refractivity contribution in [2.24, 2.45) is 0 Å². The van der Waals surface area contributed by atoms with Gasteiger partial charge < -0.3 is 9.80 Å². The predicted molar refractivity (Wildman–Crippen MR) is 224 cm³/mol. The van der Waals surface area contributed by atoms with E-state index < -0.39 is 0 Å². The molecular formula is C51H42N2. The first kappa shape index (κ1) is 31.6. The SMILES string of the molecule is CC1(C)c2ccccc2-c2ccc(N(c3ccc(C4=CCC5C(=C4)c4ccccc4N5c4ccccc4)cc3)C3C=CC(c4ccccc4)=CC3)cc21. The summed E-state index contributed by atoms with van der Waals surface area (Å²) in [6.07, 6.45) is 13.9. The van der Waals surface area contributed by atoms with E-state index in [1.807, 2.05) is 0 Å². The van der Waals surface area contributed by atoms with Gasteiger partial charge in [0.05, 0.1) is 12.1 Å². The van der Waals surface area contributed by atoms with Crippen molar-refractivity contribution in [2.75, 3.05) is 9.80 Å². The molecule has 2 unspecified atom stereocenters. The van der Waals surface area contributed by atoms with Crippen LogP contribution in [0.15, 0.2) is 182 Å². The van der Waals surface area contributed by atoms with Crippen LogP contribution in [0.25, 0.3) is 27.8 Å². The molecule has 6 aromatic rings. The van der Waals surface area contributed by atoms with E-state index in [1.165, 1.54) is 78.4 Å². The Hall–Kier alpha value is -6.12. The van der Waals surface area contributed by atoms with Crippen LogP contribution in [0.3, 0.4) is 0 Å². The van der Waals surface area contributed by atoms with Gasteiger partial charge in [-0.1, -0.05) is 147 Å². The average molecular weight is 683 g/mol. The summed E-state index contributed by atoms with van der Waals surface area (Å²) in [6, 6.07) is 56.3. The first-order valence-electron chi connectivity index (χ1n) is 19.0. The van der Waals surface area contributed by atoms with Gasteiger partial charge in [0.1, 0.15) is 0 Å². The summed E-state index contributed by atoms with van der Waals surface area (Å²) in [5.74, 6) is 0. The maximum absolute atomic E-state index is 2.55. The van der Waals surface area contributed by atoms with Gasteiger partial charge in [-0.25, -0.2) is 0 Å². The first-order valence-corrected chi connectivity index (χ1v) is 19.0. The summed E-state index contributed by atoms with van der Waals surface area (Å²) in [5.41, 5.74) is 18.3. The molecule has 2 nitrogen and oxygen atoms in total. The molecule has 0 fully saturated rings. The zero-order chi connectivity index (χ0) is 35.5. The third-order valence-corrected chi connectivity index (χ3v) is 11.9. The molecule has 4 aliphatic rings. The molecule has 0 amide bonds. The van der Waals surface area contributed by atoms with Gasteiger partial charge in [0, 0.05) is 33.7 Å². The van der Waals surface area contributed by atoms with Gasteiger partial charge >= 0.3 is 0 Å². The Labute approximate surface area is 313 Å². The van der Waals surface area contributed by atoms with Gasteiger partial charge in [-0.2, -0.15) is 0 Å². The summed E-state index contributed by atoms with van der Waals surface area (Å²) >= 11 is 0. The molecule has 0 aromatic heterocycles. The van der Waals surface area contributed by atoms with Crippen molar-refractivity contribution in [1.29, 1.82) is 0 Å². The van der Waals surface area contributed by atoms with Crippen LogP contribution in [-0.4, -0.2) is 12.1 Å². The van der Waals surface area contributed by atoms with Crippen LogP contribution in [0, 0.1) is 0 Å². The lowest BCUT2D eigenvalue weighted by molar-refractivity contribution is 0.659. The maximum Gasteiger partial charge on any atom is 0.0633 e. The minimum absolute atomic E-state index is 0.0615. The Bertz CT molecular complexity index is 2480. The second-order valence-electron chi connectivity index (χ2n) is 15.2. The fourth-order valence-electron chi connectivity index (χ4n) is 9.23. The number of allylic oxidation sites excluding steroid dienone is 4. The number of benzene rings is 6. The Morgan fingerprint density at radius 3 is 1.98 bits per heavy atom. The summed E-state index contributed by atoms with van der Waals surface area (Å²) in [6.45, 7) is 4.74. The molecule has 0 bridgehead atoms. The lowest BCUT2D eigenvalue weighted by Crippen LogP contribution is -2.30. The summed E-state index contributed by atoms with van der Waals surface area (Å²) in [7, 11) is 0. The van der Waals surface area contributed by atoms with Crippen molar-refractivity contribution in [3.05, 3.63) is 210 Å². The van der Waals surface area contributed by atoms with E-state index in [0.29, 0.717) is 6.04 Å². The van der Waals surface area contributed by atoms with Gasteiger partial charge in [0.15, 0.2) is 0 Å². The molecular weight excluding hydrogens is 641 g/mol. The monoisotopic (exact) mass is 682 g/mol. The molecule has 0 spiro atoms. The minimum Gasteiger partial charge on any atom is -0.334 e. The molecule has 3 aliphatic carbocycles. The smallest absolute Gasteiger partial charge is 0.0633 e. The second kappa shape index (κ2) is 12.5.